The van der Waals surface area contributed by atoms with Crippen molar-refractivity contribution in [3.05, 3.63) is 18.2 Å². The van der Waals surface area contributed by atoms with Crippen LogP contribution < -0.4 is 10.2 Å². The van der Waals surface area contributed by atoms with E-state index < -0.39 is 0 Å². The Labute approximate surface area is 178 Å². The predicted octanol–water partition coefficient (Wildman–Crippen LogP) is 3.98. The molecule has 6 nitrogen and oxygen atoms in total. The Morgan fingerprint density at radius 3 is 2.48 bits per heavy atom. The fourth-order valence-electron chi connectivity index (χ4n) is 4.09. The molecular formula is C21H25N3O3S2. The molecule has 1 saturated heterocycles. The van der Waals surface area contributed by atoms with Crippen LogP contribution >= 0.6 is 23.1 Å². The van der Waals surface area contributed by atoms with Crippen LogP contribution in [0.1, 0.15) is 46.5 Å². The summed E-state index contributed by atoms with van der Waals surface area (Å²) in [5, 5.41) is 2.94. The molecule has 1 aromatic heterocycles. The first kappa shape index (κ1) is 20.3. The molecule has 2 aliphatic rings. The number of nitrogens with zero attached hydrogens (tertiary/aromatic N) is 2. The maximum atomic E-state index is 12.8. The van der Waals surface area contributed by atoms with Crippen molar-refractivity contribution in [2.45, 2.75) is 56.3 Å². The summed E-state index contributed by atoms with van der Waals surface area (Å²) in [5.74, 6) is -0.148. The lowest BCUT2D eigenvalue weighted by molar-refractivity contribution is -0.123. The Bertz CT molecular complexity index is 955. The van der Waals surface area contributed by atoms with Crippen molar-refractivity contribution >= 4 is 56.7 Å². The lowest BCUT2D eigenvalue weighted by Crippen LogP contribution is -2.41. The van der Waals surface area contributed by atoms with Crippen LogP contribution in [-0.2, 0) is 14.4 Å². The third-order valence-electron chi connectivity index (χ3n) is 5.29. The number of hydrogen-bond donors (Lipinski definition) is 1. The Morgan fingerprint density at radius 1 is 1.21 bits per heavy atom. The minimum absolute atomic E-state index is 0.0293. The van der Waals surface area contributed by atoms with E-state index in [1.807, 2.05) is 32.9 Å². The predicted molar refractivity (Wildman–Crippen MR) is 116 cm³/mol. The highest BCUT2D eigenvalue weighted by Gasteiger charge is 2.48. The Morgan fingerprint density at radius 2 is 1.86 bits per heavy atom. The van der Waals surface area contributed by atoms with Gasteiger partial charge in [-0.05, 0) is 51.8 Å². The van der Waals surface area contributed by atoms with Crippen molar-refractivity contribution in [3.63, 3.8) is 0 Å². The number of rotatable bonds is 4. The molecule has 1 aromatic carbocycles. The lowest BCUT2D eigenvalue weighted by Gasteiger charge is -2.19. The summed E-state index contributed by atoms with van der Waals surface area (Å²) in [6.45, 7) is 5.85. The summed E-state index contributed by atoms with van der Waals surface area (Å²) < 4.78 is 1.71. The first-order chi connectivity index (χ1) is 13.7. The molecule has 0 spiro atoms. The number of carbonyl (C=O) groups is 3. The zero-order chi connectivity index (χ0) is 20.8. The van der Waals surface area contributed by atoms with Gasteiger partial charge in [0.05, 0.1) is 33.5 Å². The van der Waals surface area contributed by atoms with E-state index in [9.17, 15) is 14.4 Å². The minimum Gasteiger partial charge on any atom is -0.351 e. The van der Waals surface area contributed by atoms with Crippen LogP contribution in [0.4, 0.5) is 5.69 Å². The van der Waals surface area contributed by atoms with Gasteiger partial charge in [-0.15, -0.1) is 11.3 Å². The second-order valence-corrected chi connectivity index (χ2v) is 11.0. The summed E-state index contributed by atoms with van der Waals surface area (Å²) in [7, 11) is 0. The number of nitrogens with one attached hydrogen (secondary N) is 1. The second kappa shape index (κ2) is 7.72. The first-order valence-corrected chi connectivity index (χ1v) is 11.8. The molecule has 1 aliphatic carbocycles. The molecular weight excluding hydrogens is 406 g/mol. The van der Waals surface area contributed by atoms with Crippen molar-refractivity contribution < 1.29 is 14.4 Å². The Hall–Kier alpha value is -1.93. The standard InChI is InChI=1S/C21H25N3O3S2/c1-21(2,3)23-17(25)11-28-20-22-15-9-8-12(10-16(15)29-20)24-18(26)13-6-4-5-7-14(13)19(24)27/h8-10,13-14H,4-7,11H2,1-3H3,(H,23,25). The maximum Gasteiger partial charge on any atom is 0.237 e. The molecule has 1 saturated carbocycles. The van der Waals surface area contributed by atoms with E-state index in [-0.39, 0.29) is 35.1 Å². The fourth-order valence-corrected chi connectivity index (χ4v) is 5.99. The topological polar surface area (TPSA) is 79.4 Å². The number of thiazole rings is 1. The molecule has 29 heavy (non-hydrogen) atoms. The number of thioether (sulfide) groups is 1. The average Bonchev–Trinajstić information content (AvgIpc) is 3.17. The van der Waals surface area contributed by atoms with Crippen molar-refractivity contribution in [2.24, 2.45) is 11.8 Å². The van der Waals surface area contributed by atoms with Gasteiger partial charge in [-0.3, -0.25) is 19.3 Å². The zero-order valence-corrected chi connectivity index (χ0v) is 18.5. The highest BCUT2D eigenvalue weighted by atomic mass is 32.2. The van der Waals surface area contributed by atoms with Gasteiger partial charge in [0.1, 0.15) is 0 Å². The van der Waals surface area contributed by atoms with Gasteiger partial charge in [0.2, 0.25) is 17.7 Å². The van der Waals surface area contributed by atoms with Gasteiger partial charge in [0.15, 0.2) is 4.34 Å². The summed E-state index contributed by atoms with van der Waals surface area (Å²) in [6, 6.07) is 5.53. The molecule has 2 atom stereocenters. The number of amides is 3. The quantitative estimate of drug-likeness (QED) is 0.585. The summed E-state index contributed by atoms with van der Waals surface area (Å²) >= 11 is 2.88. The highest BCUT2D eigenvalue weighted by Crippen LogP contribution is 2.41. The molecule has 2 fully saturated rings. The van der Waals surface area contributed by atoms with E-state index in [2.05, 4.69) is 10.3 Å². The molecule has 154 valence electrons. The van der Waals surface area contributed by atoms with Gasteiger partial charge in [0, 0.05) is 5.54 Å². The van der Waals surface area contributed by atoms with Crippen molar-refractivity contribution in [1.82, 2.24) is 10.3 Å². The largest absolute Gasteiger partial charge is 0.351 e. The van der Waals surface area contributed by atoms with Crippen LogP contribution in [-0.4, -0.2) is 34.0 Å². The molecule has 0 bridgehead atoms. The molecule has 2 heterocycles. The molecule has 4 rings (SSSR count). The summed E-state index contributed by atoms with van der Waals surface area (Å²) in [6.07, 6.45) is 3.66. The minimum atomic E-state index is -0.258. The van der Waals surface area contributed by atoms with Gasteiger partial charge in [0.25, 0.3) is 0 Å². The number of imide groups is 1. The maximum absolute atomic E-state index is 12.8. The number of hydrogen-bond acceptors (Lipinski definition) is 6. The smallest absolute Gasteiger partial charge is 0.237 e. The van der Waals surface area contributed by atoms with Crippen LogP contribution in [0.2, 0.25) is 0 Å². The van der Waals surface area contributed by atoms with Crippen molar-refractivity contribution in [1.29, 1.82) is 0 Å². The normalized spacial score (nSPS) is 22.2. The Balaban J connectivity index is 1.51. The molecule has 1 aliphatic heterocycles. The van der Waals surface area contributed by atoms with Crippen LogP contribution in [0.25, 0.3) is 10.2 Å². The molecule has 0 radical (unpaired) electrons. The van der Waals surface area contributed by atoms with Gasteiger partial charge in [-0.25, -0.2) is 4.98 Å². The van der Waals surface area contributed by atoms with E-state index >= 15 is 0 Å². The SMILES string of the molecule is CC(C)(C)NC(=O)CSc1nc2ccc(N3C(=O)C4CCCCC4C3=O)cc2s1. The van der Waals surface area contributed by atoms with E-state index in [0.717, 1.165) is 40.2 Å². The van der Waals surface area contributed by atoms with Crippen LogP contribution in [0, 0.1) is 11.8 Å². The van der Waals surface area contributed by atoms with Gasteiger partial charge in [-0.1, -0.05) is 24.6 Å². The van der Waals surface area contributed by atoms with Gasteiger partial charge in [-0.2, -0.15) is 0 Å². The summed E-state index contributed by atoms with van der Waals surface area (Å²) in [5.41, 5.74) is 1.19. The molecule has 2 unspecified atom stereocenters. The second-order valence-electron chi connectivity index (χ2n) is 8.73. The monoisotopic (exact) mass is 431 g/mol. The van der Waals surface area contributed by atoms with E-state index in [1.54, 1.807) is 6.07 Å². The van der Waals surface area contributed by atoms with E-state index in [0.29, 0.717) is 11.4 Å². The number of aromatic nitrogens is 1. The molecule has 2 aromatic rings. The average molecular weight is 432 g/mol. The van der Waals surface area contributed by atoms with Crippen molar-refractivity contribution in [2.75, 3.05) is 10.7 Å². The van der Waals surface area contributed by atoms with E-state index in [4.69, 9.17) is 0 Å². The van der Waals surface area contributed by atoms with E-state index in [1.165, 1.54) is 28.0 Å². The zero-order valence-electron chi connectivity index (χ0n) is 16.9. The molecule has 8 heteroatoms. The third kappa shape index (κ3) is 4.19. The molecule has 3 amide bonds. The fraction of sp³-hybridized carbons (Fsp3) is 0.524. The Kier molecular flexibility index (Phi) is 5.42. The highest BCUT2D eigenvalue weighted by molar-refractivity contribution is 8.01. The molecule has 1 N–H and O–H groups in total. The van der Waals surface area contributed by atoms with Crippen LogP contribution in [0.5, 0.6) is 0 Å². The first-order valence-electron chi connectivity index (χ1n) is 9.95. The third-order valence-corrected chi connectivity index (χ3v) is 7.45. The lowest BCUT2D eigenvalue weighted by atomic mass is 9.81. The van der Waals surface area contributed by atoms with Crippen molar-refractivity contribution in [3.8, 4) is 0 Å². The van der Waals surface area contributed by atoms with Gasteiger partial charge >= 0.3 is 0 Å². The van der Waals surface area contributed by atoms with Gasteiger partial charge < -0.3 is 5.32 Å². The van der Waals surface area contributed by atoms with Crippen LogP contribution in [0.15, 0.2) is 22.5 Å². The number of benzene rings is 1. The van der Waals surface area contributed by atoms with Crippen LogP contribution in [0.3, 0.4) is 0 Å². The number of carbonyl (C=O) groups excluding carboxylic acids is 3. The number of anilines is 1. The number of fused-ring (bicyclic) bond motifs is 2. The summed E-state index contributed by atoms with van der Waals surface area (Å²) in [4.78, 5) is 43.6.